The highest BCUT2D eigenvalue weighted by molar-refractivity contribution is 6.33. The van der Waals surface area contributed by atoms with E-state index in [2.05, 4.69) is 9.96 Å². The molecule has 0 bridgehead atoms. The van der Waals surface area contributed by atoms with Crippen molar-refractivity contribution in [2.75, 3.05) is 13.1 Å². The van der Waals surface area contributed by atoms with Crippen LogP contribution in [0, 0.1) is 0 Å². The average molecular weight is 207 g/mol. The molecule has 0 atom stereocenters. The summed E-state index contributed by atoms with van der Waals surface area (Å²) >= 11 is 0. The summed E-state index contributed by atoms with van der Waals surface area (Å²) in [6, 6.07) is 3.06. The van der Waals surface area contributed by atoms with E-state index in [0.717, 1.165) is 0 Å². The maximum absolute atomic E-state index is 3.36. The van der Waals surface area contributed by atoms with Gasteiger partial charge in [-0.15, -0.1) is 0 Å². The molecule has 2 nitrogen and oxygen atoms in total. The van der Waals surface area contributed by atoms with Gasteiger partial charge in [-0.3, -0.25) is 0 Å². The zero-order valence-corrected chi connectivity index (χ0v) is 9.49. The number of hydrogen-bond donors (Lipinski definition) is 2. The van der Waals surface area contributed by atoms with Crippen LogP contribution in [0.1, 0.15) is 12.8 Å². The van der Waals surface area contributed by atoms with Crippen molar-refractivity contribution in [2.24, 2.45) is 0 Å². The largest absolute Gasteiger partial charge is 0.342 e. The molecule has 0 spiro atoms. The van der Waals surface area contributed by atoms with Gasteiger partial charge in [0.2, 0.25) is 0 Å². The fraction of sp³-hybridized carbons (Fsp3) is 1.00. The maximum atomic E-state index is 3.36. The van der Waals surface area contributed by atoms with Crippen LogP contribution in [0.3, 0.4) is 0 Å². The molecule has 2 N–H and O–H groups in total. The van der Waals surface area contributed by atoms with Gasteiger partial charge in [0.25, 0.3) is 0 Å². The summed E-state index contributed by atoms with van der Waals surface area (Å²) < 4.78 is 0. The lowest BCUT2D eigenvalue weighted by atomic mass is 10.5. The van der Waals surface area contributed by atoms with E-state index in [1.165, 1.54) is 38.0 Å². The van der Waals surface area contributed by atoms with Gasteiger partial charge in [0, 0.05) is 0 Å². The second kappa shape index (κ2) is 8.67. The Hall–Kier alpha value is 0.571. The Balaban J connectivity index is 0.000000167. The molecule has 0 aromatic heterocycles. The van der Waals surface area contributed by atoms with E-state index in [1.54, 1.807) is 0 Å². The molecule has 0 radical (unpaired) electrons. The molecular formula is C6H22N2Si3. The van der Waals surface area contributed by atoms with Crippen molar-refractivity contribution in [3.8, 4) is 0 Å². The third-order valence-corrected chi connectivity index (χ3v) is 5.04. The summed E-state index contributed by atoms with van der Waals surface area (Å²) in [5, 5.41) is 0. The van der Waals surface area contributed by atoms with Crippen LogP contribution in [-0.4, -0.2) is 43.4 Å². The second-order valence-corrected chi connectivity index (χ2v) is 6.33. The Kier molecular flexibility index (Phi) is 9.11. The predicted molar refractivity (Wildman–Crippen MR) is 63.3 cm³/mol. The van der Waals surface area contributed by atoms with Crippen molar-refractivity contribution in [1.29, 1.82) is 0 Å². The lowest BCUT2D eigenvalue weighted by Crippen LogP contribution is -2.07. The fourth-order valence-electron chi connectivity index (χ4n) is 1.25. The molecule has 0 unspecified atom stereocenters. The van der Waals surface area contributed by atoms with Crippen LogP contribution >= 0.6 is 0 Å². The van der Waals surface area contributed by atoms with Gasteiger partial charge < -0.3 is 9.96 Å². The van der Waals surface area contributed by atoms with Gasteiger partial charge in [-0.2, -0.15) is 0 Å². The summed E-state index contributed by atoms with van der Waals surface area (Å²) in [5.74, 6) is 0. The quantitative estimate of drug-likeness (QED) is 0.429. The van der Waals surface area contributed by atoms with Crippen molar-refractivity contribution in [3.05, 3.63) is 0 Å². The first-order valence-corrected chi connectivity index (χ1v) is 7.83. The van der Waals surface area contributed by atoms with Crippen LogP contribution < -0.4 is 9.96 Å². The summed E-state index contributed by atoms with van der Waals surface area (Å²) in [4.78, 5) is 6.72. The number of hydrogen-bond acceptors (Lipinski definition) is 2. The molecule has 0 amide bonds. The fourth-order valence-corrected chi connectivity index (χ4v) is 3.75. The van der Waals surface area contributed by atoms with E-state index in [1.807, 2.05) is 0 Å². The third kappa shape index (κ3) is 6.95. The average Bonchev–Trinajstić information content (AvgIpc) is 2.67. The monoisotopic (exact) mass is 206 g/mol. The van der Waals surface area contributed by atoms with Crippen molar-refractivity contribution < 1.29 is 0 Å². The molecular weight excluding hydrogens is 184 g/mol. The standard InChI is InChI=1S/2C3H9NSi.H4Si/c2*1-2-4-5-3-1;/h2*4H,1-3,5H2;1H4. The zero-order chi connectivity index (χ0) is 7.07. The molecule has 11 heavy (non-hydrogen) atoms. The Morgan fingerprint density at radius 3 is 1.36 bits per heavy atom. The molecule has 2 aliphatic heterocycles. The Morgan fingerprint density at radius 2 is 1.27 bits per heavy atom. The molecule has 2 fully saturated rings. The first-order valence-electron chi connectivity index (χ1n) is 4.41. The first-order chi connectivity index (χ1) is 5.00. The van der Waals surface area contributed by atoms with Crippen LogP contribution in [0.4, 0.5) is 0 Å². The van der Waals surface area contributed by atoms with Gasteiger partial charge >= 0.3 is 0 Å². The van der Waals surface area contributed by atoms with E-state index >= 15 is 0 Å². The highest BCUT2D eigenvalue weighted by atomic mass is 28.2. The SMILES string of the molecule is C1CN[SiH2]C1.C1CN[SiH2]C1.[SiH4]. The molecule has 68 valence electrons. The number of rotatable bonds is 0. The first kappa shape index (κ1) is 11.6. The highest BCUT2D eigenvalue weighted by Crippen LogP contribution is 1.90. The smallest absolute Gasteiger partial charge is 0.0916 e. The summed E-state index contributed by atoms with van der Waals surface area (Å²) in [7, 11) is 0.586. The molecule has 2 aliphatic rings. The van der Waals surface area contributed by atoms with Crippen molar-refractivity contribution >= 4 is 30.3 Å². The second-order valence-electron chi connectivity index (χ2n) is 2.91. The summed E-state index contributed by atoms with van der Waals surface area (Å²) in [6.07, 6.45) is 2.90. The van der Waals surface area contributed by atoms with Gasteiger partial charge in [-0.25, -0.2) is 0 Å². The van der Waals surface area contributed by atoms with Crippen molar-refractivity contribution in [3.63, 3.8) is 0 Å². The number of nitrogens with one attached hydrogen (secondary N) is 2. The zero-order valence-electron chi connectivity index (χ0n) is 6.66. The molecule has 0 aromatic carbocycles. The van der Waals surface area contributed by atoms with E-state index in [4.69, 9.17) is 0 Å². The Morgan fingerprint density at radius 1 is 0.818 bits per heavy atom. The topological polar surface area (TPSA) is 24.1 Å². The predicted octanol–water partition coefficient (Wildman–Crippen LogP) is -2.49. The maximum Gasteiger partial charge on any atom is 0.0916 e. The van der Waals surface area contributed by atoms with Gasteiger partial charge in [0.15, 0.2) is 0 Å². The van der Waals surface area contributed by atoms with Crippen LogP contribution in [-0.2, 0) is 0 Å². The molecule has 0 aromatic rings. The molecule has 5 heteroatoms. The molecule has 2 saturated heterocycles. The summed E-state index contributed by atoms with van der Waals surface area (Å²) in [6.45, 7) is 2.62. The van der Waals surface area contributed by atoms with Crippen LogP contribution in [0.15, 0.2) is 0 Å². The summed E-state index contributed by atoms with van der Waals surface area (Å²) in [5.41, 5.74) is 0. The minimum atomic E-state index is 0. The van der Waals surface area contributed by atoms with Gasteiger partial charge in [0.05, 0.1) is 19.4 Å². The molecule has 2 rings (SSSR count). The van der Waals surface area contributed by atoms with Crippen molar-refractivity contribution in [2.45, 2.75) is 24.9 Å². The van der Waals surface area contributed by atoms with E-state index < -0.39 is 0 Å². The normalized spacial score (nSPS) is 26.2. The molecule has 0 saturated carbocycles. The van der Waals surface area contributed by atoms with E-state index in [-0.39, 0.29) is 11.0 Å². The molecule has 2 heterocycles. The van der Waals surface area contributed by atoms with E-state index in [9.17, 15) is 0 Å². The van der Waals surface area contributed by atoms with Crippen molar-refractivity contribution in [1.82, 2.24) is 9.96 Å². The lowest BCUT2D eigenvalue weighted by molar-refractivity contribution is 0.933. The Labute approximate surface area is 78.7 Å². The minimum Gasteiger partial charge on any atom is -0.342 e. The third-order valence-electron chi connectivity index (χ3n) is 1.91. The lowest BCUT2D eigenvalue weighted by Gasteiger charge is -1.75. The van der Waals surface area contributed by atoms with Gasteiger partial charge in [0.1, 0.15) is 0 Å². The van der Waals surface area contributed by atoms with Crippen LogP contribution in [0.5, 0.6) is 0 Å². The van der Waals surface area contributed by atoms with Crippen LogP contribution in [0.25, 0.3) is 0 Å². The van der Waals surface area contributed by atoms with Crippen LogP contribution in [0.2, 0.25) is 12.1 Å². The van der Waals surface area contributed by atoms with E-state index in [0.29, 0.717) is 19.4 Å². The molecule has 0 aliphatic carbocycles. The highest BCUT2D eigenvalue weighted by Gasteiger charge is 1.94. The Bertz CT molecular complexity index is 49.0. The van der Waals surface area contributed by atoms with Gasteiger partial charge in [-0.05, 0) is 49.0 Å². The van der Waals surface area contributed by atoms with Gasteiger partial charge in [-0.1, -0.05) is 0 Å². The minimum absolute atomic E-state index is 0.